The van der Waals surface area contributed by atoms with Crippen molar-refractivity contribution in [3.8, 4) is 0 Å². The van der Waals surface area contributed by atoms with Crippen LogP contribution in [0.2, 0.25) is 0 Å². The van der Waals surface area contributed by atoms with E-state index in [-0.39, 0.29) is 6.04 Å². The number of likely N-dealkylation sites (N-methyl/N-ethyl adjacent to an activating group) is 1. The number of urea groups is 1. The van der Waals surface area contributed by atoms with E-state index < -0.39 is 29.2 Å². The van der Waals surface area contributed by atoms with Gasteiger partial charge in [-0.3, -0.25) is 0 Å². The van der Waals surface area contributed by atoms with Crippen LogP contribution in [-0.2, 0) is 6.54 Å². The Morgan fingerprint density at radius 1 is 1.08 bits per heavy atom. The van der Waals surface area contributed by atoms with E-state index in [0.29, 0.717) is 25.2 Å². The molecule has 0 aliphatic heterocycles. The fourth-order valence-corrected chi connectivity index (χ4v) is 2.47. The van der Waals surface area contributed by atoms with E-state index in [2.05, 4.69) is 10.6 Å². The number of rotatable bonds is 6. The lowest BCUT2D eigenvalue weighted by Gasteiger charge is -2.22. The number of halogens is 3. The summed E-state index contributed by atoms with van der Waals surface area (Å²) in [5.41, 5.74) is 0.728. The minimum atomic E-state index is -1.31. The molecule has 0 aliphatic rings. The lowest BCUT2D eigenvalue weighted by molar-refractivity contribution is 0.241. The number of carbonyl (C=O) groups is 1. The molecule has 2 aromatic carbocycles. The number of nitrogens with zero attached hydrogens (tertiary/aromatic N) is 1. The molecule has 0 fully saturated rings. The molecule has 134 valence electrons. The fraction of sp³-hybridized carbons (Fsp3) is 0.278. The second-order valence-corrected chi connectivity index (χ2v) is 5.93. The second-order valence-electron chi connectivity index (χ2n) is 5.93. The van der Waals surface area contributed by atoms with Crippen LogP contribution in [0.1, 0.15) is 12.5 Å². The first kappa shape index (κ1) is 18.8. The Kier molecular flexibility index (Phi) is 6.41. The zero-order chi connectivity index (χ0) is 18.4. The van der Waals surface area contributed by atoms with Gasteiger partial charge in [0.05, 0.1) is 5.69 Å². The van der Waals surface area contributed by atoms with Crippen molar-refractivity contribution < 1.29 is 18.0 Å². The van der Waals surface area contributed by atoms with E-state index in [1.807, 2.05) is 42.3 Å². The van der Waals surface area contributed by atoms with Crippen LogP contribution in [0.25, 0.3) is 0 Å². The average Bonchev–Trinajstić information content (AvgIpc) is 2.53. The van der Waals surface area contributed by atoms with Crippen LogP contribution in [0.3, 0.4) is 0 Å². The number of benzene rings is 2. The van der Waals surface area contributed by atoms with Crippen molar-refractivity contribution in [3.63, 3.8) is 0 Å². The topological polar surface area (TPSA) is 44.4 Å². The molecule has 0 saturated heterocycles. The Bertz CT molecular complexity index is 725. The van der Waals surface area contributed by atoms with Gasteiger partial charge in [0.1, 0.15) is 5.82 Å². The maximum atomic E-state index is 13.5. The molecule has 1 atom stereocenters. The van der Waals surface area contributed by atoms with E-state index in [4.69, 9.17) is 0 Å². The molecular formula is C18H20F3N3O. The molecule has 0 heterocycles. The summed E-state index contributed by atoms with van der Waals surface area (Å²) in [6, 6.07) is 9.94. The van der Waals surface area contributed by atoms with Gasteiger partial charge < -0.3 is 15.5 Å². The van der Waals surface area contributed by atoms with Gasteiger partial charge in [-0.15, -0.1) is 0 Å². The SMILES string of the molecule is C[C@@H](CN(C)Cc1ccccc1)NC(=O)Nc1cc(F)c(F)cc1F. The second kappa shape index (κ2) is 8.53. The minimum absolute atomic E-state index is 0.234. The Morgan fingerprint density at radius 2 is 1.72 bits per heavy atom. The van der Waals surface area contributed by atoms with Gasteiger partial charge in [0.15, 0.2) is 11.6 Å². The van der Waals surface area contributed by atoms with Crippen LogP contribution in [0.4, 0.5) is 23.7 Å². The predicted octanol–water partition coefficient (Wildman–Crippen LogP) is 3.75. The fourth-order valence-electron chi connectivity index (χ4n) is 2.47. The van der Waals surface area contributed by atoms with Crippen LogP contribution in [0, 0.1) is 17.5 Å². The average molecular weight is 351 g/mol. The highest BCUT2D eigenvalue weighted by Gasteiger charge is 2.14. The first-order valence-corrected chi connectivity index (χ1v) is 7.79. The molecule has 25 heavy (non-hydrogen) atoms. The third kappa shape index (κ3) is 5.79. The molecule has 0 aromatic heterocycles. The van der Waals surface area contributed by atoms with Gasteiger partial charge in [-0.1, -0.05) is 30.3 Å². The van der Waals surface area contributed by atoms with Crippen molar-refractivity contribution in [1.82, 2.24) is 10.2 Å². The van der Waals surface area contributed by atoms with Crippen LogP contribution in [0.5, 0.6) is 0 Å². The number of carbonyl (C=O) groups excluding carboxylic acids is 1. The summed E-state index contributed by atoms with van der Waals surface area (Å²) in [5, 5.41) is 4.81. The molecule has 0 saturated carbocycles. The summed E-state index contributed by atoms with van der Waals surface area (Å²) >= 11 is 0. The molecule has 2 amide bonds. The molecule has 0 radical (unpaired) electrons. The van der Waals surface area contributed by atoms with Gasteiger partial charge in [-0.2, -0.15) is 0 Å². The van der Waals surface area contributed by atoms with E-state index in [1.165, 1.54) is 0 Å². The molecule has 2 rings (SSSR count). The standard InChI is InChI=1S/C18H20F3N3O/c1-12(10-24(2)11-13-6-4-3-5-7-13)22-18(25)23-17-9-15(20)14(19)8-16(17)21/h3-9,12H,10-11H2,1-2H3,(H2,22,23,25)/t12-/m0/s1. The summed E-state index contributed by atoms with van der Waals surface area (Å²) in [4.78, 5) is 13.9. The quantitative estimate of drug-likeness (QED) is 0.779. The number of hydrogen-bond donors (Lipinski definition) is 2. The van der Waals surface area contributed by atoms with Crippen LogP contribution in [0.15, 0.2) is 42.5 Å². The van der Waals surface area contributed by atoms with Crippen LogP contribution < -0.4 is 10.6 Å². The van der Waals surface area contributed by atoms with E-state index in [1.54, 1.807) is 6.92 Å². The zero-order valence-electron chi connectivity index (χ0n) is 14.0. The van der Waals surface area contributed by atoms with Crippen molar-refractivity contribution in [1.29, 1.82) is 0 Å². The molecule has 0 unspecified atom stereocenters. The van der Waals surface area contributed by atoms with Crippen molar-refractivity contribution in [3.05, 3.63) is 65.5 Å². The Morgan fingerprint density at radius 3 is 2.40 bits per heavy atom. The molecule has 0 bridgehead atoms. The number of nitrogens with one attached hydrogen (secondary N) is 2. The highest BCUT2D eigenvalue weighted by Crippen LogP contribution is 2.18. The van der Waals surface area contributed by atoms with Gasteiger partial charge >= 0.3 is 6.03 Å². The van der Waals surface area contributed by atoms with Gasteiger partial charge in [-0.05, 0) is 19.5 Å². The highest BCUT2D eigenvalue weighted by atomic mass is 19.2. The maximum absolute atomic E-state index is 13.5. The van der Waals surface area contributed by atoms with Crippen LogP contribution in [-0.4, -0.2) is 30.6 Å². The van der Waals surface area contributed by atoms with Crippen molar-refractivity contribution in [2.75, 3.05) is 18.9 Å². The Labute approximate surface area is 144 Å². The summed E-state index contributed by atoms with van der Waals surface area (Å²) in [6.07, 6.45) is 0. The predicted molar refractivity (Wildman–Crippen MR) is 90.7 cm³/mol. The van der Waals surface area contributed by atoms with Gasteiger partial charge in [0.2, 0.25) is 0 Å². The number of amides is 2. The van der Waals surface area contributed by atoms with Crippen LogP contribution >= 0.6 is 0 Å². The molecular weight excluding hydrogens is 331 g/mol. The monoisotopic (exact) mass is 351 g/mol. The number of anilines is 1. The normalized spacial score (nSPS) is 12.1. The van der Waals surface area contributed by atoms with Gasteiger partial charge in [-0.25, -0.2) is 18.0 Å². The molecule has 2 N–H and O–H groups in total. The molecule has 0 aliphatic carbocycles. The lowest BCUT2D eigenvalue weighted by Crippen LogP contribution is -2.42. The third-order valence-electron chi connectivity index (χ3n) is 3.52. The Hall–Kier alpha value is -2.54. The van der Waals surface area contributed by atoms with Crippen molar-refractivity contribution in [2.45, 2.75) is 19.5 Å². The smallest absolute Gasteiger partial charge is 0.319 e. The largest absolute Gasteiger partial charge is 0.334 e. The summed E-state index contributed by atoms with van der Waals surface area (Å²) in [6.45, 7) is 3.07. The van der Waals surface area contributed by atoms with E-state index >= 15 is 0 Å². The third-order valence-corrected chi connectivity index (χ3v) is 3.52. The molecule has 4 nitrogen and oxygen atoms in total. The number of hydrogen-bond acceptors (Lipinski definition) is 2. The zero-order valence-corrected chi connectivity index (χ0v) is 14.0. The van der Waals surface area contributed by atoms with Crippen molar-refractivity contribution in [2.24, 2.45) is 0 Å². The molecule has 2 aromatic rings. The van der Waals surface area contributed by atoms with E-state index in [0.717, 1.165) is 5.56 Å². The first-order chi connectivity index (χ1) is 11.8. The highest BCUT2D eigenvalue weighted by molar-refractivity contribution is 5.89. The summed E-state index contributed by atoms with van der Waals surface area (Å²) in [5.74, 6) is -3.57. The van der Waals surface area contributed by atoms with E-state index in [9.17, 15) is 18.0 Å². The minimum Gasteiger partial charge on any atom is -0.334 e. The molecule has 7 heteroatoms. The van der Waals surface area contributed by atoms with Gasteiger partial charge in [0.25, 0.3) is 0 Å². The lowest BCUT2D eigenvalue weighted by atomic mass is 10.2. The van der Waals surface area contributed by atoms with Gasteiger partial charge in [0, 0.05) is 31.3 Å². The Balaban J connectivity index is 1.84. The van der Waals surface area contributed by atoms with Crippen molar-refractivity contribution >= 4 is 11.7 Å². The summed E-state index contributed by atoms with van der Waals surface area (Å²) < 4.78 is 39.5. The first-order valence-electron chi connectivity index (χ1n) is 7.79. The maximum Gasteiger partial charge on any atom is 0.319 e. The summed E-state index contributed by atoms with van der Waals surface area (Å²) in [7, 11) is 1.91. The molecule has 0 spiro atoms.